The second kappa shape index (κ2) is 7.85. The summed E-state index contributed by atoms with van der Waals surface area (Å²) in [6, 6.07) is 0.201. The van der Waals surface area contributed by atoms with Gasteiger partial charge in [0.25, 0.3) is 0 Å². The van der Waals surface area contributed by atoms with Gasteiger partial charge in [-0.1, -0.05) is 33.6 Å². The average Bonchev–Trinajstić information content (AvgIpc) is 2.22. The summed E-state index contributed by atoms with van der Waals surface area (Å²) in [7, 11) is 0. The van der Waals surface area contributed by atoms with Gasteiger partial charge in [0.2, 0.25) is 0 Å². The molecule has 0 spiro atoms. The highest BCUT2D eigenvalue weighted by Gasteiger charge is 2.14. The van der Waals surface area contributed by atoms with Gasteiger partial charge in [0.05, 0.1) is 12.6 Å². The Bertz CT molecular complexity index is 244. The Hall–Kier alpha value is -1.38. The first-order valence-corrected chi connectivity index (χ1v) is 5.74. The molecular weight excluding hydrogens is 198 g/mol. The standard InChI is InChI=1S/C13H25N3/c1-7-14-11(5)9-16-12(6)13(10(3)4)15-8-2/h8,10,13-16H,2,5-7,9H2,1,3-4H3. The third kappa shape index (κ3) is 5.49. The summed E-state index contributed by atoms with van der Waals surface area (Å²) in [5, 5.41) is 9.62. The van der Waals surface area contributed by atoms with E-state index >= 15 is 0 Å². The van der Waals surface area contributed by atoms with Crippen LogP contribution >= 0.6 is 0 Å². The van der Waals surface area contributed by atoms with Crippen LogP contribution in [0, 0.1) is 5.92 Å². The van der Waals surface area contributed by atoms with E-state index in [-0.39, 0.29) is 6.04 Å². The molecule has 0 bridgehead atoms. The molecule has 0 aromatic carbocycles. The van der Waals surface area contributed by atoms with Crippen molar-refractivity contribution in [2.24, 2.45) is 5.92 Å². The Morgan fingerprint density at radius 2 is 1.88 bits per heavy atom. The van der Waals surface area contributed by atoms with Gasteiger partial charge >= 0.3 is 0 Å². The molecule has 0 amide bonds. The van der Waals surface area contributed by atoms with Crippen LogP contribution in [0.1, 0.15) is 20.8 Å². The van der Waals surface area contributed by atoms with Gasteiger partial charge in [-0.25, -0.2) is 0 Å². The van der Waals surface area contributed by atoms with Crippen LogP contribution in [0.2, 0.25) is 0 Å². The zero-order valence-corrected chi connectivity index (χ0v) is 10.8. The molecule has 0 aliphatic heterocycles. The van der Waals surface area contributed by atoms with E-state index < -0.39 is 0 Å². The number of nitrogens with one attached hydrogen (secondary N) is 3. The molecule has 92 valence electrons. The van der Waals surface area contributed by atoms with Crippen molar-refractivity contribution in [1.29, 1.82) is 0 Å². The molecule has 0 fully saturated rings. The fourth-order valence-electron chi connectivity index (χ4n) is 1.47. The largest absolute Gasteiger partial charge is 0.388 e. The van der Waals surface area contributed by atoms with E-state index in [2.05, 4.69) is 56.5 Å². The van der Waals surface area contributed by atoms with E-state index in [9.17, 15) is 0 Å². The zero-order chi connectivity index (χ0) is 12.6. The number of hydrogen-bond acceptors (Lipinski definition) is 3. The molecule has 0 heterocycles. The quantitative estimate of drug-likeness (QED) is 0.559. The lowest BCUT2D eigenvalue weighted by Gasteiger charge is -2.25. The lowest BCUT2D eigenvalue weighted by molar-refractivity contribution is 0.472. The predicted octanol–water partition coefficient (Wildman–Crippen LogP) is 1.97. The van der Waals surface area contributed by atoms with E-state index in [1.807, 2.05) is 0 Å². The van der Waals surface area contributed by atoms with Gasteiger partial charge in [-0.15, -0.1) is 0 Å². The highest BCUT2D eigenvalue weighted by atomic mass is 15.0. The van der Waals surface area contributed by atoms with Crippen LogP contribution in [0.3, 0.4) is 0 Å². The normalized spacial score (nSPS) is 11.8. The Morgan fingerprint density at radius 3 is 2.31 bits per heavy atom. The van der Waals surface area contributed by atoms with E-state index in [0.29, 0.717) is 12.5 Å². The van der Waals surface area contributed by atoms with Crippen LogP contribution in [0.15, 0.2) is 37.3 Å². The predicted molar refractivity (Wildman–Crippen MR) is 71.9 cm³/mol. The lowest BCUT2D eigenvalue weighted by Crippen LogP contribution is -2.38. The van der Waals surface area contributed by atoms with Crippen molar-refractivity contribution in [3.63, 3.8) is 0 Å². The Morgan fingerprint density at radius 1 is 1.25 bits per heavy atom. The smallest absolute Gasteiger partial charge is 0.0671 e. The first-order chi connectivity index (χ1) is 7.52. The molecular formula is C13H25N3. The molecule has 1 unspecified atom stereocenters. The summed E-state index contributed by atoms with van der Waals surface area (Å²) in [6.45, 7) is 19.6. The number of hydrogen-bond donors (Lipinski definition) is 3. The topological polar surface area (TPSA) is 36.1 Å². The number of rotatable bonds is 9. The van der Waals surface area contributed by atoms with Crippen molar-refractivity contribution in [3.8, 4) is 0 Å². The molecule has 1 atom stereocenters. The van der Waals surface area contributed by atoms with Crippen LogP contribution in [-0.2, 0) is 0 Å². The molecule has 3 N–H and O–H groups in total. The SMILES string of the molecule is C=CNC(C(=C)NCC(=C)NCC)C(C)C. The van der Waals surface area contributed by atoms with Gasteiger partial charge in [-0.05, 0) is 19.0 Å². The summed E-state index contributed by atoms with van der Waals surface area (Å²) in [5.74, 6) is 0.463. The maximum atomic E-state index is 4.04. The van der Waals surface area contributed by atoms with E-state index in [1.165, 1.54) is 0 Å². The minimum absolute atomic E-state index is 0.201. The third-order valence-corrected chi connectivity index (χ3v) is 2.30. The molecule has 3 heteroatoms. The summed E-state index contributed by atoms with van der Waals surface area (Å²) in [4.78, 5) is 0. The summed E-state index contributed by atoms with van der Waals surface area (Å²) in [6.07, 6.45) is 1.71. The van der Waals surface area contributed by atoms with Crippen LogP contribution < -0.4 is 16.0 Å². The number of likely N-dealkylation sites (N-methyl/N-ethyl adjacent to an activating group) is 1. The summed E-state index contributed by atoms with van der Waals surface area (Å²) < 4.78 is 0. The molecule has 16 heavy (non-hydrogen) atoms. The van der Waals surface area contributed by atoms with Crippen molar-refractivity contribution < 1.29 is 0 Å². The van der Waals surface area contributed by atoms with Gasteiger partial charge in [0, 0.05) is 17.9 Å². The Balaban J connectivity index is 4.10. The van der Waals surface area contributed by atoms with Crippen LogP contribution in [0.5, 0.6) is 0 Å². The summed E-state index contributed by atoms with van der Waals surface area (Å²) >= 11 is 0. The monoisotopic (exact) mass is 223 g/mol. The summed E-state index contributed by atoms with van der Waals surface area (Å²) in [5.41, 5.74) is 1.94. The van der Waals surface area contributed by atoms with E-state index in [0.717, 1.165) is 17.9 Å². The van der Waals surface area contributed by atoms with E-state index in [1.54, 1.807) is 6.20 Å². The zero-order valence-electron chi connectivity index (χ0n) is 10.8. The van der Waals surface area contributed by atoms with Gasteiger partial charge in [0.15, 0.2) is 0 Å². The highest BCUT2D eigenvalue weighted by molar-refractivity contribution is 5.09. The van der Waals surface area contributed by atoms with Crippen LogP contribution in [0.4, 0.5) is 0 Å². The van der Waals surface area contributed by atoms with Gasteiger partial charge in [0.1, 0.15) is 0 Å². The minimum Gasteiger partial charge on any atom is -0.388 e. The van der Waals surface area contributed by atoms with Gasteiger partial charge in [-0.3, -0.25) is 0 Å². The molecule has 0 aliphatic rings. The molecule has 0 aromatic rings. The molecule has 0 saturated carbocycles. The molecule has 0 saturated heterocycles. The fourth-order valence-corrected chi connectivity index (χ4v) is 1.47. The van der Waals surface area contributed by atoms with Crippen LogP contribution in [-0.4, -0.2) is 19.1 Å². The molecule has 0 radical (unpaired) electrons. The van der Waals surface area contributed by atoms with Gasteiger partial charge in [-0.2, -0.15) is 0 Å². The maximum absolute atomic E-state index is 4.04. The average molecular weight is 223 g/mol. The minimum atomic E-state index is 0.201. The second-order valence-corrected chi connectivity index (χ2v) is 4.11. The van der Waals surface area contributed by atoms with Crippen LogP contribution in [0.25, 0.3) is 0 Å². The highest BCUT2D eigenvalue weighted by Crippen LogP contribution is 2.08. The molecule has 0 rings (SSSR count). The maximum Gasteiger partial charge on any atom is 0.0671 e. The lowest BCUT2D eigenvalue weighted by atomic mass is 10.0. The van der Waals surface area contributed by atoms with Crippen molar-refractivity contribution in [3.05, 3.63) is 37.3 Å². The first kappa shape index (κ1) is 14.6. The molecule has 3 nitrogen and oxygen atoms in total. The van der Waals surface area contributed by atoms with Crippen molar-refractivity contribution in [2.75, 3.05) is 13.1 Å². The van der Waals surface area contributed by atoms with Crippen molar-refractivity contribution >= 4 is 0 Å². The van der Waals surface area contributed by atoms with Gasteiger partial charge < -0.3 is 16.0 Å². The fraction of sp³-hybridized carbons (Fsp3) is 0.538. The van der Waals surface area contributed by atoms with Crippen molar-refractivity contribution in [2.45, 2.75) is 26.8 Å². The molecule has 0 aliphatic carbocycles. The van der Waals surface area contributed by atoms with E-state index in [4.69, 9.17) is 0 Å². The first-order valence-electron chi connectivity index (χ1n) is 5.74. The second-order valence-electron chi connectivity index (χ2n) is 4.11. The van der Waals surface area contributed by atoms with Crippen molar-refractivity contribution in [1.82, 2.24) is 16.0 Å². The Kier molecular flexibility index (Phi) is 7.18. The third-order valence-electron chi connectivity index (χ3n) is 2.30. The molecule has 0 aromatic heterocycles. The Labute approximate surface area is 99.7 Å².